The first kappa shape index (κ1) is 13.0. The third-order valence-corrected chi connectivity index (χ3v) is 4.77. The van der Waals surface area contributed by atoms with E-state index in [0.717, 1.165) is 5.56 Å². The van der Waals surface area contributed by atoms with Crippen LogP contribution in [-0.4, -0.2) is 31.0 Å². The van der Waals surface area contributed by atoms with Crippen LogP contribution in [0.3, 0.4) is 0 Å². The fourth-order valence-corrected chi connectivity index (χ4v) is 3.20. The Morgan fingerprint density at radius 2 is 1.94 bits per heavy atom. The molecule has 6 heteroatoms. The number of hydrogen-bond donors (Lipinski definition) is 1. The Morgan fingerprint density at radius 1 is 1.33 bits per heavy atom. The molecule has 2 atom stereocenters. The van der Waals surface area contributed by atoms with Crippen LogP contribution in [0.25, 0.3) is 0 Å². The maximum absolute atomic E-state index is 12.1. The van der Waals surface area contributed by atoms with Crippen molar-refractivity contribution in [1.82, 2.24) is 0 Å². The highest BCUT2D eigenvalue weighted by Crippen LogP contribution is 2.24. The maximum Gasteiger partial charge on any atom is 0.306 e. The van der Waals surface area contributed by atoms with E-state index in [-0.39, 0.29) is 17.7 Å². The van der Waals surface area contributed by atoms with Crippen molar-refractivity contribution in [3.63, 3.8) is 0 Å². The van der Waals surface area contributed by atoms with Gasteiger partial charge in [-0.05, 0) is 25.5 Å². The van der Waals surface area contributed by atoms with Crippen molar-refractivity contribution in [3.05, 3.63) is 29.8 Å². The summed E-state index contributed by atoms with van der Waals surface area (Å²) >= 11 is 0. The molecule has 0 aromatic heterocycles. The van der Waals surface area contributed by atoms with E-state index >= 15 is 0 Å². The smallest absolute Gasteiger partial charge is 0.306 e. The molecule has 1 aromatic rings. The van der Waals surface area contributed by atoms with E-state index in [9.17, 15) is 18.3 Å². The number of cyclic esters (lactones) is 1. The van der Waals surface area contributed by atoms with E-state index in [2.05, 4.69) is 0 Å². The molecule has 0 spiro atoms. The van der Waals surface area contributed by atoms with E-state index in [1.54, 1.807) is 12.1 Å². The molecule has 1 N–H and O–H groups in total. The molecule has 1 aromatic carbocycles. The van der Waals surface area contributed by atoms with Crippen LogP contribution in [0.4, 0.5) is 0 Å². The number of benzene rings is 1. The second kappa shape index (κ2) is 4.70. The first-order chi connectivity index (χ1) is 8.41. The molecular weight excluding hydrogens is 256 g/mol. The van der Waals surface area contributed by atoms with Crippen LogP contribution in [0, 0.1) is 6.92 Å². The number of esters is 1. The summed E-state index contributed by atoms with van der Waals surface area (Å²) in [6.45, 7) is 1.84. The van der Waals surface area contributed by atoms with Crippen LogP contribution in [0.15, 0.2) is 29.2 Å². The average Bonchev–Trinajstić information content (AvgIpc) is 2.75. The zero-order valence-corrected chi connectivity index (χ0v) is 10.7. The minimum absolute atomic E-state index is 0.0311. The Labute approximate surface area is 105 Å². The molecule has 0 saturated carbocycles. The number of rotatable bonds is 3. The van der Waals surface area contributed by atoms with Crippen LogP contribution < -0.4 is 0 Å². The molecule has 0 radical (unpaired) electrons. The second-order valence-electron chi connectivity index (χ2n) is 4.32. The Hall–Kier alpha value is -1.40. The van der Waals surface area contributed by atoms with Gasteiger partial charge in [-0.3, -0.25) is 4.79 Å². The number of sulfone groups is 1. The van der Waals surface area contributed by atoms with Gasteiger partial charge in [0.25, 0.3) is 0 Å². The summed E-state index contributed by atoms with van der Waals surface area (Å²) in [4.78, 5) is 11.0. The van der Waals surface area contributed by atoms with Crippen molar-refractivity contribution in [2.75, 3.05) is 0 Å². The highest BCUT2D eigenvalue weighted by Gasteiger charge is 2.38. The molecule has 0 unspecified atom stereocenters. The third-order valence-electron chi connectivity index (χ3n) is 2.90. The van der Waals surface area contributed by atoms with Gasteiger partial charge in [-0.25, -0.2) is 8.42 Å². The van der Waals surface area contributed by atoms with Crippen LogP contribution in [0.1, 0.15) is 18.4 Å². The largest absolute Gasteiger partial charge is 0.458 e. The quantitative estimate of drug-likeness (QED) is 0.821. The van der Waals surface area contributed by atoms with E-state index < -0.39 is 27.3 Å². The fraction of sp³-hybridized carbons (Fsp3) is 0.417. The minimum atomic E-state index is -3.88. The molecule has 0 aliphatic carbocycles. The van der Waals surface area contributed by atoms with E-state index in [4.69, 9.17) is 4.74 Å². The van der Waals surface area contributed by atoms with Gasteiger partial charge in [-0.2, -0.15) is 0 Å². The van der Waals surface area contributed by atoms with Crippen molar-refractivity contribution in [2.24, 2.45) is 0 Å². The zero-order chi connectivity index (χ0) is 13.3. The number of ether oxygens (including phenoxy) is 1. The van der Waals surface area contributed by atoms with Gasteiger partial charge in [0.05, 0.1) is 4.90 Å². The minimum Gasteiger partial charge on any atom is -0.458 e. The van der Waals surface area contributed by atoms with E-state index in [0.29, 0.717) is 0 Å². The summed E-state index contributed by atoms with van der Waals surface area (Å²) < 4.78 is 29.0. The Kier molecular flexibility index (Phi) is 3.41. The molecule has 98 valence electrons. The molecule has 2 rings (SSSR count). The van der Waals surface area contributed by atoms with Gasteiger partial charge in [0.15, 0.2) is 5.44 Å². The van der Waals surface area contributed by atoms with Crippen molar-refractivity contribution >= 4 is 15.8 Å². The fourth-order valence-electron chi connectivity index (χ4n) is 1.81. The summed E-state index contributed by atoms with van der Waals surface area (Å²) in [7, 11) is -3.88. The monoisotopic (exact) mass is 270 g/mol. The second-order valence-corrected chi connectivity index (χ2v) is 6.36. The predicted molar refractivity (Wildman–Crippen MR) is 63.5 cm³/mol. The van der Waals surface area contributed by atoms with Gasteiger partial charge in [-0.1, -0.05) is 17.7 Å². The molecule has 5 nitrogen and oxygen atoms in total. The summed E-state index contributed by atoms with van der Waals surface area (Å²) in [5.74, 6) is -0.474. The summed E-state index contributed by atoms with van der Waals surface area (Å²) in [6, 6.07) is 6.18. The van der Waals surface area contributed by atoms with E-state index in [1.165, 1.54) is 12.1 Å². The maximum atomic E-state index is 12.1. The lowest BCUT2D eigenvalue weighted by atomic mass is 10.2. The Bertz CT molecular complexity index is 546. The van der Waals surface area contributed by atoms with Gasteiger partial charge in [-0.15, -0.1) is 0 Å². The lowest BCUT2D eigenvalue weighted by Crippen LogP contribution is -2.33. The lowest BCUT2D eigenvalue weighted by molar-refractivity contribution is -0.143. The topological polar surface area (TPSA) is 80.7 Å². The standard InChI is InChI=1S/C12H14O5S/c1-8-2-4-9(5-3-8)18(15,16)12(14)10-6-7-11(13)17-10/h2-5,10,12,14H,6-7H2,1H3/t10-,12+/m0/s1. The molecule has 0 amide bonds. The lowest BCUT2D eigenvalue weighted by Gasteiger charge is -2.17. The number of aliphatic hydroxyl groups is 1. The van der Waals surface area contributed by atoms with Gasteiger partial charge >= 0.3 is 5.97 Å². The molecule has 1 heterocycles. The molecule has 1 saturated heterocycles. The van der Waals surface area contributed by atoms with Crippen LogP contribution in [0.2, 0.25) is 0 Å². The molecule has 18 heavy (non-hydrogen) atoms. The van der Waals surface area contributed by atoms with Gasteiger partial charge < -0.3 is 9.84 Å². The number of carbonyl (C=O) groups excluding carboxylic acids is 1. The highest BCUT2D eigenvalue weighted by molar-refractivity contribution is 7.92. The number of aryl methyl sites for hydroxylation is 1. The van der Waals surface area contributed by atoms with Crippen molar-refractivity contribution in [2.45, 2.75) is 36.2 Å². The van der Waals surface area contributed by atoms with Crippen molar-refractivity contribution in [1.29, 1.82) is 0 Å². The summed E-state index contributed by atoms with van der Waals surface area (Å²) in [5, 5.41) is 9.85. The van der Waals surface area contributed by atoms with Crippen molar-refractivity contribution in [3.8, 4) is 0 Å². The zero-order valence-electron chi connectivity index (χ0n) is 9.87. The summed E-state index contributed by atoms with van der Waals surface area (Å²) in [6.07, 6.45) is -0.597. The number of aliphatic hydroxyl groups excluding tert-OH is 1. The summed E-state index contributed by atoms with van der Waals surface area (Å²) in [5.41, 5.74) is -0.776. The first-order valence-corrected chi connectivity index (χ1v) is 7.14. The van der Waals surface area contributed by atoms with Crippen LogP contribution >= 0.6 is 0 Å². The van der Waals surface area contributed by atoms with E-state index in [1.807, 2.05) is 6.92 Å². The molecule has 0 bridgehead atoms. The molecule has 1 aliphatic heterocycles. The Morgan fingerprint density at radius 3 is 2.44 bits per heavy atom. The normalized spacial score (nSPS) is 21.7. The highest BCUT2D eigenvalue weighted by atomic mass is 32.2. The average molecular weight is 270 g/mol. The third kappa shape index (κ3) is 2.39. The van der Waals surface area contributed by atoms with Crippen LogP contribution in [-0.2, 0) is 19.4 Å². The predicted octanol–water partition coefficient (Wildman–Crippen LogP) is 0.793. The molecule has 1 fully saturated rings. The van der Waals surface area contributed by atoms with Crippen molar-refractivity contribution < 1.29 is 23.1 Å². The SMILES string of the molecule is Cc1ccc(S(=O)(=O)[C@@H](O)[C@@H]2CCC(=O)O2)cc1. The van der Waals surface area contributed by atoms with Crippen LogP contribution in [0.5, 0.6) is 0 Å². The van der Waals surface area contributed by atoms with Gasteiger partial charge in [0.2, 0.25) is 9.84 Å². The Balaban J connectivity index is 2.25. The van der Waals surface area contributed by atoms with Gasteiger partial charge in [0.1, 0.15) is 6.10 Å². The number of hydrogen-bond acceptors (Lipinski definition) is 5. The molecule has 1 aliphatic rings. The first-order valence-electron chi connectivity index (χ1n) is 5.59. The molecular formula is C12H14O5S. The van der Waals surface area contributed by atoms with Gasteiger partial charge in [0, 0.05) is 6.42 Å². The number of carbonyl (C=O) groups is 1.